The van der Waals surface area contributed by atoms with Crippen LogP contribution >= 0.6 is 11.8 Å². The maximum absolute atomic E-state index is 12.5. The molecular formula is C21H28N4O3S. The van der Waals surface area contributed by atoms with Gasteiger partial charge in [-0.25, -0.2) is 4.79 Å². The standard InChI is InChI=1S/C21H28N4O3S/c1-4-14(2)18(20(27)28-3)22-17(26)13-29-21-24-23-19(16-10-11-16)25(21)12-15-8-6-5-7-9-15/h5-9,14,16,18H,4,10-13H2,1-3H3,(H,22,26)/t14-,18-/m1/s1. The van der Waals surface area contributed by atoms with Gasteiger partial charge in [-0.1, -0.05) is 62.4 Å². The Balaban J connectivity index is 1.67. The number of esters is 1. The van der Waals surface area contributed by atoms with E-state index < -0.39 is 12.0 Å². The number of methoxy groups -OCH3 is 1. The zero-order chi connectivity index (χ0) is 20.8. The lowest BCUT2D eigenvalue weighted by Crippen LogP contribution is -2.46. The summed E-state index contributed by atoms with van der Waals surface area (Å²) in [5, 5.41) is 12.2. The van der Waals surface area contributed by atoms with Gasteiger partial charge in [0, 0.05) is 5.92 Å². The average molecular weight is 417 g/mol. The van der Waals surface area contributed by atoms with Crippen LogP contribution in [0.25, 0.3) is 0 Å². The van der Waals surface area contributed by atoms with E-state index in [0.29, 0.717) is 12.5 Å². The van der Waals surface area contributed by atoms with Crippen molar-refractivity contribution in [3.05, 3.63) is 41.7 Å². The molecule has 0 unspecified atom stereocenters. The van der Waals surface area contributed by atoms with E-state index in [1.165, 1.54) is 24.4 Å². The lowest BCUT2D eigenvalue weighted by atomic mass is 9.99. The Morgan fingerprint density at radius 1 is 1.28 bits per heavy atom. The van der Waals surface area contributed by atoms with Crippen LogP contribution in [0.2, 0.25) is 0 Å². The first-order chi connectivity index (χ1) is 14.0. The zero-order valence-electron chi connectivity index (χ0n) is 17.1. The molecule has 0 bridgehead atoms. The molecule has 0 radical (unpaired) electrons. The lowest BCUT2D eigenvalue weighted by molar-refractivity contribution is -0.146. The molecule has 1 amide bonds. The van der Waals surface area contributed by atoms with Gasteiger partial charge in [-0.2, -0.15) is 0 Å². The molecule has 2 aromatic rings. The third-order valence-corrected chi connectivity index (χ3v) is 6.16. The van der Waals surface area contributed by atoms with E-state index in [9.17, 15) is 9.59 Å². The Morgan fingerprint density at radius 3 is 2.62 bits per heavy atom. The molecule has 7 nitrogen and oxygen atoms in total. The fourth-order valence-corrected chi connectivity index (χ4v) is 3.86. The molecule has 0 aliphatic heterocycles. The molecule has 1 aromatic heterocycles. The van der Waals surface area contributed by atoms with Gasteiger partial charge in [0.05, 0.1) is 19.4 Å². The highest BCUT2D eigenvalue weighted by atomic mass is 32.2. The van der Waals surface area contributed by atoms with Crippen molar-refractivity contribution in [2.24, 2.45) is 5.92 Å². The van der Waals surface area contributed by atoms with Crippen molar-refractivity contribution in [1.82, 2.24) is 20.1 Å². The number of nitrogens with zero attached hydrogens (tertiary/aromatic N) is 3. The van der Waals surface area contributed by atoms with Gasteiger partial charge < -0.3 is 14.6 Å². The molecule has 1 fully saturated rings. The van der Waals surface area contributed by atoms with E-state index in [2.05, 4.69) is 32.2 Å². The molecule has 3 rings (SSSR count). The number of benzene rings is 1. The molecule has 1 saturated carbocycles. The predicted molar refractivity (Wildman–Crippen MR) is 112 cm³/mol. The third kappa shape index (κ3) is 5.59. The van der Waals surface area contributed by atoms with E-state index in [0.717, 1.165) is 30.2 Å². The summed E-state index contributed by atoms with van der Waals surface area (Å²) in [4.78, 5) is 24.5. The van der Waals surface area contributed by atoms with E-state index in [1.807, 2.05) is 32.0 Å². The zero-order valence-corrected chi connectivity index (χ0v) is 17.9. The quantitative estimate of drug-likeness (QED) is 0.473. The first-order valence-electron chi connectivity index (χ1n) is 10.0. The second kappa shape index (κ2) is 9.91. The van der Waals surface area contributed by atoms with Crippen LogP contribution in [0.3, 0.4) is 0 Å². The molecule has 29 heavy (non-hydrogen) atoms. The molecule has 2 atom stereocenters. The van der Waals surface area contributed by atoms with Gasteiger partial charge >= 0.3 is 5.97 Å². The van der Waals surface area contributed by atoms with Crippen molar-refractivity contribution in [3.63, 3.8) is 0 Å². The minimum absolute atomic E-state index is 0.000368. The summed E-state index contributed by atoms with van der Waals surface area (Å²) in [6.07, 6.45) is 3.03. The van der Waals surface area contributed by atoms with E-state index in [1.54, 1.807) is 0 Å². The van der Waals surface area contributed by atoms with Crippen LogP contribution in [-0.2, 0) is 20.9 Å². The summed E-state index contributed by atoms with van der Waals surface area (Å²) < 4.78 is 6.94. The number of nitrogens with one attached hydrogen (secondary N) is 1. The maximum atomic E-state index is 12.5. The molecule has 1 heterocycles. The number of hydrogen-bond acceptors (Lipinski definition) is 6. The van der Waals surface area contributed by atoms with Gasteiger partial charge in [0.25, 0.3) is 0 Å². The summed E-state index contributed by atoms with van der Waals surface area (Å²) in [5.74, 6) is 0.988. The SMILES string of the molecule is CC[C@@H](C)[C@@H](NC(=O)CSc1nnc(C2CC2)n1Cc1ccccc1)C(=O)OC. The highest BCUT2D eigenvalue weighted by Gasteiger charge is 2.31. The molecular weight excluding hydrogens is 388 g/mol. The normalized spacial score (nSPS) is 15.6. The second-order valence-electron chi connectivity index (χ2n) is 7.43. The van der Waals surface area contributed by atoms with Crippen LogP contribution in [-0.4, -0.2) is 45.5 Å². The van der Waals surface area contributed by atoms with Crippen molar-refractivity contribution in [1.29, 1.82) is 0 Å². The first kappa shape index (κ1) is 21.4. The topological polar surface area (TPSA) is 86.1 Å². The number of thioether (sulfide) groups is 1. The molecule has 1 aromatic carbocycles. The van der Waals surface area contributed by atoms with Crippen molar-refractivity contribution in [3.8, 4) is 0 Å². The second-order valence-corrected chi connectivity index (χ2v) is 8.37. The maximum Gasteiger partial charge on any atom is 0.328 e. The predicted octanol–water partition coefficient (Wildman–Crippen LogP) is 3.00. The Kier molecular flexibility index (Phi) is 7.30. The van der Waals surface area contributed by atoms with Crippen LogP contribution in [0, 0.1) is 5.92 Å². The number of rotatable bonds is 10. The van der Waals surface area contributed by atoms with Gasteiger partial charge in [0.2, 0.25) is 5.91 Å². The smallest absolute Gasteiger partial charge is 0.328 e. The third-order valence-electron chi connectivity index (χ3n) is 5.19. The van der Waals surface area contributed by atoms with Gasteiger partial charge in [-0.3, -0.25) is 4.79 Å². The minimum Gasteiger partial charge on any atom is -0.467 e. The highest BCUT2D eigenvalue weighted by molar-refractivity contribution is 7.99. The number of carbonyl (C=O) groups excluding carboxylic acids is 2. The van der Waals surface area contributed by atoms with Crippen LogP contribution in [0.4, 0.5) is 0 Å². The Bertz CT molecular complexity index is 836. The minimum atomic E-state index is -0.637. The van der Waals surface area contributed by atoms with E-state index in [4.69, 9.17) is 4.74 Å². The van der Waals surface area contributed by atoms with Gasteiger partial charge in [0.1, 0.15) is 11.9 Å². The van der Waals surface area contributed by atoms with Crippen LogP contribution in [0.15, 0.2) is 35.5 Å². The molecule has 1 aliphatic rings. The van der Waals surface area contributed by atoms with Crippen LogP contribution in [0.5, 0.6) is 0 Å². The summed E-state index contributed by atoms with van der Waals surface area (Å²) >= 11 is 1.35. The van der Waals surface area contributed by atoms with Crippen molar-refractivity contribution >= 4 is 23.6 Å². The fraction of sp³-hybridized carbons (Fsp3) is 0.524. The summed E-state index contributed by atoms with van der Waals surface area (Å²) in [7, 11) is 1.34. The summed E-state index contributed by atoms with van der Waals surface area (Å²) in [5.41, 5.74) is 1.17. The average Bonchev–Trinajstić information content (AvgIpc) is 3.51. The fourth-order valence-electron chi connectivity index (χ4n) is 3.11. The van der Waals surface area contributed by atoms with Crippen LogP contribution in [0.1, 0.15) is 50.4 Å². The monoisotopic (exact) mass is 416 g/mol. The number of carbonyl (C=O) groups is 2. The molecule has 1 N–H and O–H groups in total. The first-order valence-corrected chi connectivity index (χ1v) is 11.0. The van der Waals surface area contributed by atoms with Crippen LogP contribution < -0.4 is 5.32 Å². The molecule has 8 heteroatoms. The van der Waals surface area contributed by atoms with Gasteiger partial charge in [-0.15, -0.1) is 10.2 Å². The molecule has 156 valence electrons. The van der Waals surface area contributed by atoms with Crippen molar-refractivity contribution in [2.45, 2.75) is 56.8 Å². The number of amides is 1. The highest BCUT2D eigenvalue weighted by Crippen LogP contribution is 2.40. The Labute approximate surface area is 175 Å². The largest absolute Gasteiger partial charge is 0.467 e. The van der Waals surface area contributed by atoms with Crippen molar-refractivity contribution in [2.75, 3.05) is 12.9 Å². The van der Waals surface area contributed by atoms with E-state index >= 15 is 0 Å². The summed E-state index contributed by atoms with van der Waals surface area (Å²) in [6.45, 7) is 4.58. The van der Waals surface area contributed by atoms with E-state index in [-0.39, 0.29) is 17.6 Å². The summed E-state index contributed by atoms with van der Waals surface area (Å²) in [6, 6.07) is 9.53. The number of aromatic nitrogens is 3. The molecule has 1 aliphatic carbocycles. The van der Waals surface area contributed by atoms with Gasteiger partial charge in [-0.05, 0) is 24.3 Å². The number of ether oxygens (including phenoxy) is 1. The Morgan fingerprint density at radius 2 is 2.00 bits per heavy atom. The van der Waals surface area contributed by atoms with Gasteiger partial charge in [0.15, 0.2) is 5.16 Å². The van der Waals surface area contributed by atoms with Crippen molar-refractivity contribution < 1.29 is 14.3 Å². The Hall–Kier alpha value is -2.35. The molecule has 0 saturated heterocycles. The lowest BCUT2D eigenvalue weighted by Gasteiger charge is -2.21. The molecule has 0 spiro atoms. The number of hydrogen-bond donors (Lipinski definition) is 1.